The van der Waals surface area contributed by atoms with E-state index < -0.39 is 0 Å². The van der Waals surface area contributed by atoms with E-state index in [-0.39, 0.29) is 5.97 Å². The smallest absolute Gasteiger partial charge is 0.302 e. The maximum atomic E-state index is 10.4. The van der Waals surface area contributed by atoms with E-state index in [9.17, 15) is 4.79 Å². The molecule has 0 aliphatic carbocycles. The Labute approximate surface area is 73.7 Å². The van der Waals surface area contributed by atoms with Gasteiger partial charge in [-0.05, 0) is 6.42 Å². The first-order valence-corrected chi connectivity index (χ1v) is 4.41. The van der Waals surface area contributed by atoms with Crippen LogP contribution in [0.15, 0.2) is 0 Å². The molecule has 0 spiro atoms. The zero-order valence-corrected chi connectivity index (χ0v) is 8.23. The van der Waals surface area contributed by atoms with Crippen LogP contribution in [0.4, 0.5) is 0 Å². The lowest BCUT2D eigenvalue weighted by Crippen LogP contribution is -2.18. The lowest BCUT2D eigenvalue weighted by atomic mass is 10.1. The second-order valence-corrected chi connectivity index (χ2v) is 3.42. The molecule has 3 heteroatoms. The Hall–Kier alpha value is -0.180. The Bertz CT molecular complexity index is 125. The Balaban J connectivity index is 3.51. The van der Waals surface area contributed by atoms with Gasteiger partial charge in [0.05, 0.1) is 6.61 Å². The van der Waals surface area contributed by atoms with E-state index in [1.54, 1.807) is 0 Å². The predicted molar refractivity (Wildman–Crippen MR) is 48.9 cm³/mol. The molecule has 2 nitrogen and oxygen atoms in total. The van der Waals surface area contributed by atoms with Crippen LogP contribution in [0.3, 0.4) is 0 Å². The van der Waals surface area contributed by atoms with E-state index in [1.807, 2.05) is 6.92 Å². The van der Waals surface area contributed by atoms with Gasteiger partial charge in [-0.25, -0.2) is 0 Å². The molecule has 0 amide bonds. The molecule has 2 atom stereocenters. The fraction of sp³-hybridized carbons (Fsp3) is 0.875. The maximum Gasteiger partial charge on any atom is 0.302 e. The van der Waals surface area contributed by atoms with Gasteiger partial charge in [-0.15, -0.1) is 0 Å². The van der Waals surface area contributed by atoms with Gasteiger partial charge in [0.1, 0.15) is 0 Å². The first-order valence-electron chi connectivity index (χ1n) is 3.89. The summed E-state index contributed by atoms with van der Waals surface area (Å²) < 4.78 is 4.84. The predicted octanol–water partition coefficient (Wildman–Crippen LogP) is 1.89. The van der Waals surface area contributed by atoms with Crippen LogP contribution in [-0.4, -0.2) is 17.8 Å². The molecule has 0 heterocycles. The molecule has 0 aliphatic heterocycles. The molecule has 66 valence electrons. The molecule has 11 heavy (non-hydrogen) atoms. The number of esters is 1. The lowest BCUT2D eigenvalue weighted by molar-refractivity contribution is -0.142. The molecule has 0 radical (unpaired) electrons. The van der Waals surface area contributed by atoms with Crippen molar-refractivity contribution >= 4 is 18.6 Å². The summed E-state index contributed by atoms with van der Waals surface area (Å²) in [4.78, 5) is 10.4. The summed E-state index contributed by atoms with van der Waals surface area (Å²) in [6, 6.07) is 0. The normalized spacial score (nSPS) is 15.6. The lowest BCUT2D eigenvalue weighted by Gasteiger charge is -2.16. The van der Waals surface area contributed by atoms with Gasteiger partial charge in [-0.1, -0.05) is 13.8 Å². The summed E-state index contributed by atoms with van der Waals surface area (Å²) in [5, 5.41) is 0.328. The Morgan fingerprint density at radius 3 is 2.55 bits per heavy atom. The highest BCUT2D eigenvalue weighted by molar-refractivity contribution is 7.81. The van der Waals surface area contributed by atoms with Gasteiger partial charge in [0.2, 0.25) is 0 Å². The summed E-state index contributed by atoms with van der Waals surface area (Å²) in [6.45, 7) is 6.01. The first kappa shape index (κ1) is 10.8. The monoisotopic (exact) mass is 176 g/mol. The van der Waals surface area contributed by atoms with Crippen molar-refractivity contribution in [3.05, 3.63) is 0 Å². The minimum absolute atomic E-state index is 0.214. The molecule has 0 fully saturated rings. The van der Waals surface area contributed by atoms with Crippen LogP contribution in [0.1, 0.15) is 27.2 Å². The van der Waals surface area contributed by atoms with Gasteiger partial charge in [0.15, 0.2) is 0 Å². The SMILES string of the molecule is CCC(S)C(C)COC(C)=O. The molecule has 0 bridgehead atoms. The van der Waals surface area contributed by atoms with E-state index in [2.05, 4.69) is 19.6 Å². The number of ether oxygens (including phenoxy) is 1. The standard InChI is InChI=1S/C8H16O2S/c1-4-8(11)6(2)5-10-7(3)9/h6,8,11H,4-5H2,1-3H3. The zero-order chi connectivity index (χ0) is 8.85. The van der Waals surface area contributed by atoms with Crippen molar-refractivity contribution in [1.29, 1.82) is 0 Å². The van der Waals surface area contributed by atoms with Crippen LogP contribution in [-0.2, 0) is 9.53 Å². The first-order chi connectivity index (χ1) is 5.07. The number of hydrogen-bond donors (Lipinski definition) is 1. The number of hydrogen-bond acceptors (Lipinski definition) is 3. The van der Waals surface area contributed by atoms with Gasteiger partial charge < -0.3 is 4.74 Å². The molecule has 0 saturated heterocycles. The van der Waals surface area contributed by atoms with Crippen LogP contribution < -0.4 is 0 Å². The van der Waals surface area contributed by atoms with E-state index in [0.29, 0.717) is 17.8 Å². The summed E-state index contributed by atoms with van der Waals surface area (Å²) in [5.74, 6) is 0.126. The molecular weight excluding hydrogens is 160 g/mol. The third-order valence-corrected chi connectivity index (χ3v) is 2.50. The van der Waals surface area contributed by atoms with E-state index >= 15 is 0 Å². The fourth-order valence-electron chi connectivity index (χ4n) is 0.762. The molecule has 0 aromatic rings. The van der Waals surface area contributed by atoms with E-state index in [0.717, 1.165) is 6.42 Å². The molecule has 0 aliphatic rings. The summed E-state index contributed by atoms with van der Waals surface area (Å²) in [6.07, 6.45) is 1.01. The Kier molecular flexibility index (Phi) is 5.38. The van der Waals surface area contributed by atoms with Gasteiger partial charge in [0.25, 0.3) is 0 Å². The second-order valence-electron chi connectivity index (χ2n) is 2.76. The minimum atomic E-state index is -0.214. The number of thiol groups is 1. The van der Waals surface area contributed by atoms with E-state index in [1.165, 1.54) is 6.92 Å². The number of carbonyl (C=O) groups is 1. The highest BCUT2D eigenvalue weighted by Crippen LogP contribution is 2.13. The quantitative estimate of drug-likeness (QED) is 0.523. The van der Waals surface area contributed by atoms with Crippen molar-refractivity contribution < 1.29 is 9.53 Å². The molecule has 0 aromatic carbocycles. The maximum absolute atomic E-state index is 10.4. The molecule has 0 aromatic heterocycles. The third kappa shape index (κ3) is 5.13. The highest BCUT2D eigenvalue weighted by atomic mass is 32.1. The van der Waals surface area contributed by atoms with Crippen LogP contribution in [0, 0.1) is 5.92 Å². The Morgan fingerprint density at radius 2 is 2.18 bits per heavy atom. The average Bonchev–Trinajstić information content (AvgIpc) is 1.98. The van der Waals surface area contributed by atoms with Gasteiger partial charge in [-0.2, -0.15) is 12.6 Å². The van der Waals surface area contributed by atoms with Gasteiger partial charge >= 0.3 is 5.97 Å². The van der Waals surface area contributed by atoms with Crippen molar-refractivity contribution in [1.82, 2.24) is 0 Å². The second kappa shape index (κ2) is 5.47. The summed E-state index contributed by atoms with van der Waals surface area (Å²) in [5.41, 5.74) is 0. The summed E-state index contributed by atoms with van der Waals surface area (Å²) >= 11 is 4.34. The van der Waals surface area contributed by atoms with Crippen molar-refractivity contribution in [3.63, 3.8) is 0 Å². The molecule has 0 N–H and O–H groups in total. The number of carbonyl (C=O) groups excluding carboxylic acids is 1. The van der Waals surface area contributed by atoms with Crippen molar-refractivity contribution in [2.45, 2.75) is 32.4 Å². The molecular formula is C8H16O2S. The average molecular weight is 176 g/mol. The van der Waals surface area contributed by atoms with Gasteiger partial charge in [-0.3, -0.25) is 4.79 Å². The van der Waals surface area contributed by atoms with Gasteiger partial charge in [0, 0.05) is 18.1 Å². The minimum Gasteiger partial charge on any atom is -0.466 e. The van der Waals surface area contributed by atoms with Crippen LogP contribution in [0.5, 0.6) is 0 Å². The van der Waals surface area contributed by atoms with Crippen LogP contribution >= 0.6 is 12.6 Å². The molecule has 2 unspecified atom stereocenters. The topological polar surface area (TPSA) is 26.3 Å². The highest BCUT2D eigenvalue weighted by Gasteiger charge is 2.11. The third-order valence-electron chi connectivity index (χ3n) is 1.62. The fourth-order valence-corrected chi connectivity index (χ4v) is 0.848. The van der Waals surface area contributed by atoms with Crippen molar-refractivity contribution in [2.24, 2.45) is 5.92 Å². The van der Waals surface area contributed by atoms with Crippen molar-refractivity contribution in [2.75, 3.05) is 6.61 Å². The van der Waals surface area contributed by atoms with Crippen molar-refractivity contribution in [3.8, 4) is 0 Å². The molecule has 0 saturated carbocycles. The zero-order valence-electron chi connectivity index (χ0n) is 7.33. The molecule has 0 rings (SSSR count). The van der Waals surface area contributed by atoms with Crippen LogP contribution in [0.25, 0.3) is 0 Å². The van der Waals surface area contributed by atoms with E-state index in [4.69, 9.17) is 4.74 Å². The summed E-state index contributed by atoms with van der Waals surface area (Å²) in [7, 11) is 0. The Morgan fingerprint density at radius 1 is 1.64 bits per heavy atom. The number of rotatable bonds is 4. The van der Waals surface area contributed by atoms with Crippen LogP contribution in [0.2, 0.25) is 0 Å². The largest absolute Gasteiger partial charge is 0.466 e.